The second-order valence-corrected chi connectivity index (χ2v) is 5.50. The lowest BCUT2D eigenvalue weighted by Crippen LogP contribution is -2.21. The van der Waals surface area contributed by atoms with Crippen LogP contribution in [-0.2, 0) is 5.41 Å². The van der Waals surface area contributed by atoms with Crippen molar-refractivity contribution >= 4 is 17.6 Å². The van der Waals surface area contributed by atoms with E-state index in [4.69, 9.17) is 0 Å². The maximum absolute atomic E-state index is 4.16. The Hall–Kier alpha value is -1.51. The van der Waals surface area contributed by atoms with Gasteiger partial charge in [-0.05, 0) is 24.1 Å². The van der Waals surface area contributed by atoms with E-state index in [1.807, 2.05) is 13.3 Å². The van der Waals surface area contributed by atoms with Crippen molar-refractivity contribution in [1.82, 2.24) is 0 Å². The molecule has 1 aliphatic heterocycles. The molecule has 0 saturated carbocycles. The molecule has 0 spiro atoms. The van der Waals surface area contributed by atoms with Gasteiger partial charge in [0.2, 0.25) is 0 Å². The fourth-order valence-corrected chi connectivity index (χ4v) is 2.43. The van der Waals surface area contributed by atoms with Crippen LogP contribution in [0.15, 0.2) is 23.2 Å². The highest BCUT2D eigenvalue weighted by atomic mass is 15.2. The zero-order chi connectivity index (χ0) is 13.2. The van der Waals surface area contributed by atoms with Crippen LogP contribution in [0.2, 0.25) is 0 Å². The van der Waals surface area contributed by atoms with Gasteiger partial charge in [-0.15, -0.1) is 0 Å². The third-order valence-electron chi connectivity index (χ3n) is 3.45. The first kappa shape index (κ1) is 12.9. The number of nitrogens with zero attached hydrogens (tertiary/aromatic N) is 1. The normalized spacial score (nSPS) is 18.6. The molecule has 2 N–H and O–H groups in total. The summed E-state index contributed by atoms with van der Waals surface area (Å²) in [5, 5.41) is 7.04. The minimum atomic E-state index is -0.0195. The van der Waals surface area contributed by atoms with E-state index in [0.29, 0.717) is 6.17 Å². The summed E-state index contributed by atoms with van der Waals surface area (Å²) in [6.45, 7) is 6.58. The summed E-state index contributed by atoms with van der Waals surface area (Å²) in [4.78, 5) is 4.16. The molecule has 1 heterocycles. The van der Waals surface area contributed by atoms with E-state index in [-0.39, 0.29) is 5.41 Å². The molecule has 1 aromatic carbocycles. The molecule has 0 bridgehead atoms. The van der Waals surface area contributed by atoms with Gasteiger partial charge >= 0.3 is 0 Å². The van der Waals surface area contributed by atoms with Gasteiger partial charge < -0.3 is 10.6 Å². The Kier molecular flexibility index (Phi) is 3.60. The Labute approximate surface area is 110 Å². The maximum atomic E-state index is 4.16. The molecule has 0 aliphatic carbocycles. The Morgan fingerprint density at radius 3 is 2.67 bits per heavy atom. The quantitative estimate of drug-likeness (QED) is 0.795. The molecule has 1 aromatic rings. The Morgan fingerprint density at radius 2 is 2.00 bits per heavy atom. The maximum Gasteiger partial charge on any atom is 0.0964 e. The van der Waals surface area contributed by atoms with E-state index in [2.05, 4.69) is 54.6 Å². The van der Waals surface area contributed by atoms with Crippen LogP contribution in [0, 0.1) is 0 Å². The summed E-state index contributed by atoms with van der Waals surface area (Å²) in [5.41, 5.74) is 3.69. The highest BCUT2D eigenvalue weighted by Crippen LogP contribution is 2.34. The van der Waals surface area contributed by atoms with E-state index >= 15 is 0 Å². The molecule has 0 saturated heterocycles. The minimum absolute atomic E-state index is 0.0195. The predicted octanol–water partition coefficient (Wildman–Crippen LogP) is 3.63. The van der Waals surface area contributed by atoms with Crippen LogP contribution < -0.4 is 10.6 Å². The second kappa shape index (κ2) is 5.01. The largest absolute Gasteiger partial charge is 0.364 e. The topological polar surface area (TPSA) is 36.4 Å². The van der Waals surface area contributed by atoms with Crippen LogP contribution in [-0.4, -0.2) is 19.4 Å². The molecule has 0 aromatic heterocycles. The van der Waals surface area contributed by atoms with Crippen LogP contribution in [0.3, 0.4) is 0 Å². The minimum Gasteiger partial charge on any atom is -0.364 e. The van der Waals surface area contributed by atoms with Crippen molar-refractivity contribution < 1.29 is 0 Å². The molecule has 2 rings (SSSR count). The molecular formula is C15H23N3. The molecule has 1 atom stereocenters. The Balaban J connectivity index is 2.23. The first-order valence-electron chi connectivity index (χ1n) is 6.67. The van der Waals surface area contributed by atoms with E-state index in [0.717, 1.165) is 6.42 Å². The second-order valence-electron chi connectivity index (χ2n) is 5.50. The van der Waals surface area contributed by atoms with E-state index in [1.54, 1.807) is 0 Å². The van der Waals surface area contributed by atoms with E-state index < -0.39 is 0 Å². The number of hydrogen-bond acceptors (Lipinski definition) is 3. The number of hydrogen-bond donors (Lipinski definition) is 2. The van der Waals surface area contributed by atoms with Gasteiger partial charge in [0, 0.05) is 18.7 Å². The molecule has 0 amide bonds. The van der Waals surface area contributed by atoms with Gasteiger partial charge in [0.25, 0.3) is 0 Å². The van der Waals surface area contributed by atoms with Crippen molar-refractivity contribution in [1.29, 1.82) is 0 Å². The summed E-state index contributed by atoms with van der Waals surface area (Å²) < 4.78 is 0. The zero-order valence-corrected chi connectivity index (χ0v) is 11.7. The van der Waals surface area contributed by atoms with Gasteiger partial charge in [-0.3, -0.25) is 4.99 Å². The number of benzene rings is 1. The molecule has 0 fully saturated rings. The van der Waals surface area contributed by atoms with Crippen molar-refractivity contribution in [2.75, 3.05) is 17.7 Å². The van der Waals surface area contributed by atoms with Crippen molar-refractivity contribution in [2.24, 2.45) is 4.99 Å². The fraction of sp³-hybridized carbons (Fsp3) is 0.533. The van der Waals surface area contributed by atoms with Gasteiger partial charge in [0.15, 0.2) is 0 Å². The van der Waals surface area contributed by atoms with Gasteiger partial charge in [-0.25, -0.2) is 0 Å². The number of rotatable bonds is 4. The smallest absolute Gasteiger partial charge is 0.0964 e. The molecule has 0 radical (unpaired) electrons. The van der Waals surface area contributed by atoms with Crippen LogP contribution in [0.1, 0.15) is 39.2 Å². The summed E-state index contributed by atoms with van der Waals surface area (Å²) >= 11 is 0. The molecule has 3 heteroatoms. The molecule has 1 unspecified atom stereocenters. The molecule has 1 aliphatic rings. The summed E-state index contributed by atoms with van der Waals surface area (Å²) in [6.07, 6.45) is 4.70. The van der Waals surface area contributed by atoms with Crippen LogP contribution >= 0.6 is 0 Å². The highest BCUT2D eigenvalue weighted by molar-refractivity contribution is 5.79. The molecule has 98 valence electrons. The predicted molar refractivity (Wildman–Crippen MR) is 79.8 cm³/mol. The van der Waals surface area contributed by atoms with Crippen LogP contribution in [0.5, 0.6) is 0 Å². The number of anilines is 2. The van der Waals surface area contributed by atoms with Gasteiger partial charge in [0.1, 0.15) is 0 Å². The van der Waals surface area contributed by atoms with Crippen LogP contribution in [0.4, 0.5) is 11.4 Å². The SMILES string of the molecule is CCCC1Nc2ccc(C(C)(C)C=NC)cc2N1. The van der Waals surface area contributed by atoms with Crippen molar-refractivity contribution in [3.8, 4) is 0 Å². The first-order chi connectivity index (χ1) is 8.56. The highest BCUT2D eigenvalue weighted by Gasteiger charge is 2.23. The molecule has 18 heavy (non-hydrogen) atoms. The lowest BCUT2D eigenvalue weighted by atomic mass is 9.85. The Bertz CT molecular complexity index is 449. The van der Waals surface area contributed by atoms with Crippen LogP contribution in [0.25, 0.3) is 0 Å². The number of fused-ring (bicyclic) bond motifs is 1. The zero-order valence-electron chi connectivity index (χ0n) is 11.7. The summed E-state index contributed by atoms with van der Waals surface area (Å²) in [5.74, 6) is 0. The summed E-state index contributed by atoms with van der Waals surface area (Å²) in [7, 11) is 1.83. The number of aliphatic imine (C=N–C) groups is 1. The van der Waals surface area contributed by atoms with Gasteiger partial charge in [-0.2, -0.15) is 0 Å². The van der Waals surface area contributed by atoms with Crippen molar-refractivity contribution in [3.05, 3.63) is 23.8 Å². The standard InChI is InChI=1S/C15H23N3/c1-5-6-14-17-12-8-7-11(9-13(12)18-14)15(2,3)10-16-4/h7-10,14,17-18H,5-6H2,1-4H3. The lowest BCUT2D eigenvalue weighted by Gasteiger charge is -2.20. The van der Waals surface area contributed by atoms with Crippen molar-refractivity contribution in [3.63, 3.8) is 0 Å². The fourth-order valence-electron chi connectivity index (χ4n) is 2.43. The van der Waals surface area contributed by atoms with E-state index in [1.165, 1.54) is 23.4 Å². The third-order valence-corrected chi connectivity index (χ3v) is 3.45. The van der Waals surface area contributed by atoms with Gasteiger partial charge in [0.05, 0.1) is 17.5 Å². The Morgan fingerprint density at radius 1 is 1.28 bits per heavy atom. The number of nitrogens with one attached hydrogen (secondary N) is 2. The third kappa shape index (κ3) is 2.50. The molecular weight excluding hydrogens is 222 g/mol. The lowest BCUT2D eigenvalue weighted by molar-refractivity contribution is 0.716. The van der Waals surface area contributed by atoms with Crippen molar-refractivity contribution in [2.45, 2.75) is 45.2 Å². The average molecular weight is 245 g/mol. The van der Waals surface area contributed by atoms with E-state index in [9.17, 15) is 0 Å². The summed E-state index contributed by atoms with van der Waals surface area (Å²) in [6, 6.07) is 6.59. The van der Waals surface area contributed by atoms with Gasteiger partial charge in [-0.1, -0.05) is 33.3 Å². The first-order valence-corrected chi connectivity index (χ1v) is 6.67. The molecule has 3 nitrogen and oxygen atoms in total. The monoisotopic (exact) mass is 245 g/mol. The average Bonchev–Trinajstić information content (AvgIpc) is 2.70.